The van der Waals surface area contributed by atoms with E-state index in [1.54, 1.807) is 0 Å². The second kappa shape index (κ2) is 7.09. The number of carbonyl (C=O) groups is 1. The Morgan fingerprint density at radius 3 is 2.79 bits per heavy atom. The quantitative estimate of drug-likeness (QED) is 0.417. The summed E-state index contributed by atoms with van der Waals surface area (Å²) in [6.07, 6.45) is 0. The summed E-state index contributed by atoms with van der Waals surface area (Å²) >= 11 is 2.70. The number of anilines is 1. The summed E-state index contributed by atoms with van der Waals surface area (Å²) in [7, 11) is 0. The van der Waals surface area contributed by atoms with E-state index in [0.29, 0.717) is 15.9 Å². The van der Waals surface area contributed by atoms with E-state index in [-0.39, 0.29) is 11.7 Å². The monoisotopic (exact) mass is 420 g/mol. The number of fused-ring (bicyclic) bond motifs is 4. The van der Waals surface area contributed by atoms with Crippen molar-refractivity contribution in [2.24, 2.45) is 0 Å². The van der Waals surface area contributed by atoms with Gasteiger partial charge in [0, 0.05) is 5.39 Å². The number of aromatic amines is 1. The van der Waals surface area contributed by atoms with Gasteiger partial charge in [-0.05, 0) is 37.1 Å². The molecule has 7 nitrogen and oxygen atoms in total. The largest absolute Gasteiger partial charge is 0.337 e. The van der Waals surface area contributed by atoms with E-state index in [1.807, 2.05) is 38.1 Å². The lowest BCUT2D eigenvalue weighted by molar-refractivity contribution is -0.113. The van der Waals surface area contributed by atoms with Crippen molar-refractivity contribution in [2.45, 2.75) is 19.0 Å². The fourth-order valence-electron chi connectivity index (χ4n) is 3.23. The number of hydrogen-bond donors (Lipinski definition) is 2. The second-order valence-corrected chi connectivity index (χ2v) is 8.66. The van der Waals surface area contributed by atoms with Gasteiger partial charge in [-0.1, -0.05) is 47.4 Å². The van der Waals surface area contributed by atoms with Crippen LogP contribution < -0.4 is 5.32 Å². The number of benzene rings is 2. The zero-order valence-corrected chi connectivity index (χ0v) is 17.3. The van der Waals surface area contributed by atoms with E-state index >= 15 is 0 Å². The van der Waals surface area contributed by atoms with Crippen LogP contribution in [0.1, 0.15) is 11.1 Å². The zero-order valence-electron chi connectivity index (χ0n) is 15.7. The highest BCUT2D eigenvalue weighted by atomic mass is 32.2. The molecule has 0 aliphatic heterocycles. The Morgan fingerprint density at radius 1 is 1.10 bits per heavy atom. The maximum atomic E-state index is 12.3. The highest BCUT2D eigenvalue weighted by molar-refractivity contribution is 7.99. The van der Waals surface area contributed by atoms with Crippen LogP contribution in [-0.2, 0) is 4.79 Å². The van der Waals surface area contributed by atoms with Gasteiger partial charge in [-0.3, -0.25) is 4.79 Å². The first-order chi connectivity index (χ1) is 14.1. The lowest BCUT2D eigenvalue weighted by atomic mass is 10.1. The third-order valence-electron chi connectivity index (χ3n) is 4.64. The summed E-state index contributed by atoms with van der Waals surface area (Å²) in [6.45, 7) is 4.10. The molecular formula is C20H16N6OS2. The molecule has 144 valence electrons. The Bertz CT molecular complexity index is 1360. The summed E-state index contributed by atoms with van der Waals surface area (Å²) in [5, 5.41) is 13.5. The molecule has 0 aliphatic carbocycles. The minimum atomic E-state index is -0.152. The van der Waals surface area contributed by atoms with E-state index in [0.717, 1.165) is 37.8 Å². The molecule has 2 N–H and O–H groups in total. The summed E-state index contributed by atoms with van der Waals surface area (Å²) in [6, 6.07) is 11.9. The Kier molecular flexibility index (Phi) is 4.40. The van der Waals surface area contributed by atoms with Gasteiger partial charge in [-0.2, -0.15) is 0 Å². The van der Waals surface area contributed by atoms with Gasteiger partial charge >= 0.3 is 0 Å². The van der Waals surface area contributed by atoms with Crippen molar-refractivity contribution in [3.63, 3.8) is 0 Å². The van der Waals surface area contributed by atoms with Crippen molar-refractivity contribution in [3.8, 4) is 0 Å². The number of rotatable bonds is 4. The second-order valence-electron chi connectivity index (χ2n) is 6.69. The van der Waals surface area contributed by atoms with Gasteiger partial charge in [0.25, 0.3) is 0 Å². The topological polar surface area (TPSA) is 96.5 Å². The van der Waals surface area contributed by atoms with Gasteiger partial charge < -0.3 is 10.3 Å². The number of thioether (sulfide) groups is 1. The van der Waals surface area contributed by atoms with E-state index < -0.39 is 0 Å². The fourth-order valence-corrected chi connectivity index (χ4v) is 4.70. The maximum Gasteiger partial charge on any atom is 0.236 e. The van der Waals surface area contributed by atoms with Crippen molar-refractivity contribution < 1.29 is 4.79 Å². The Labute approximate surface area is 174 Å². The average Bonchev–Trinajstić information content (AvgIpc) is 3.30. The van der Waals surface area contributed by atoms with Gasteiger partial charge in [0.05, 0.1) is 21.5 Å². The summed E-state index contributed by atoms with van der Waals surface area (Å²) in [4.78, 5) is 24.6. The lowest BCUT2D eigenvalue weighted by Crippen LogP contribution is -2.14. The Balaban J connectivity index is 1.33. The van der Waals surface area contributed by atoms with Crippen molar-refractivity contribution >= 4 is 66.4 Å². The molecule has 29 heavy (non-hydrogen) atoms. The van der Waals surface area contributed by atoms with Crippen LogP contribution >= 0.6 is 23.1 Å². The van der Waals surface area contributed by atoms with Crippen LogP contribution in [0, 0.1) is 13.8 Å². The highest BCUT2D eigenvalue weighted by Gasteiger charge is 2.14. The predicted molar refractivity (Wildman–Crippen MR) is 118 cm³/mol. The molecule has 3 heterocycles. The van der Waals surface area contributed by atoms with E-state index in [9.17, 15) is 4.79 Å². The van der Waals surface area contributed by atoms with Crippen LogP contribution in [0.2, 0.25) is 0 Å². The van der Waals surface area contributed by atoms with Gasteiger partial charge in [0.15, 0.2) is 10.8 Å². The lowest BCUT2D eigenvalue weighted by Gasteiger charge is -2.01. The van der Waals surface area contributed by atoms with E-state index in [2.05, 4.69) is 42.6 Å². The first kappa shape index (κ1) is 18.0. The van der Waals surface area contributed by atoms with Crippen molar-refractivity contribution in [3.05, 3.63) is 47.5 Å². The minimum Gasteiger partial charge on any atom is -0.337 e. The highest BCUT2D eigenvalue weighted by Crippen LogP contribution is 2.29. The van der Waals surface area contributed by atoms with Gasteiger partial charge in [-0.15, -0.1) is 10.2 Å². The number of amides is 1. The van der Waals surface area contributed by atoms with Crippen LogP contribution in [0.5, 0.6) is 0 Å². The normalized spacial score (nSPS) is 11.5. The number of nitrogens with one attached hydrogen (secondary N) is 2. The molecular weight excluding hydrogens is 404 g/mol. The molecule has 2 aromatic carbocycles. The molecule has 0 spiro atoms. The third-order valence-corrected chi connectivity index (χ3v) is 6.43. The summed E-state index contributed by atoms with van der Waals surface area (Å²) in [5.74, 6) is 0.0302. The predicted octanol–water partition coefficient (Wildman–Crippen LogP) is 4.46. The number of H-pyrrole nitrogens is 1. The number of hydrogen-bond acceptors (Lipinski definition) is 7. The van der Waals surface area contributed by atoms with Gasteiger partial charge in [0.1, 0.15) is 5.52 Å². The number of para-hydroxylation sites is 1. The van der Waals surface area contributed by atoms with E-state index in [4.69, 9.17) is 0 Å². The van der Waals surface area contributed by atoms with Crippen LogP contribution in [0.3, 0.4) is 0 Å². The summed E-state index contributed by atoms with van der Waals surface area (Å²) in [5.41, 5.74) is 5.60. The number of aryl methyl sites for hydroxylation is 2. The molecule has 1 amide bonds. The molecule has 5 aromatic rings. The Morgan fingerprint density at radius 2 is 1.93 bits per heavy atom. The number of thiazole rings is 1. The molecule has 0 atom stereocenters. The molecule has 3 aromatic heterocycles. The van der Waals surface area contributed by atoms with E-state index in [1.165, 1.54) is 23.1 Å². The van der Waals surface area contributed by atoms with Crippen molar-refractivity contribution in [1.29, 1.82) is 0 Å². The Hall–Kier alpha value is -3.04. The molecule has 0 radical (unpaired) electrons. The van der Waals surface area contributed by atoms with Crippen LogP contribution in [-0.4, -0.2) is 36.8 Å². The van der Waals surface area contributed by atoms with Crippen LogP contribution in [0.25, 0.3) is 32.3 Å². The maximum absolute atomic E-state index is 12.3. The number of aromatic nitrogens is 5. The van der Waals surface area contributed by atoms with Crippen molar-refractivity contribution in [1.82, 2.24) is 25.1 Å². The molecule has 0 aliphatic rings. The average molecular weight is 421 g/mol. The fraction of sp³-hybridized carbons (Fsp3) is 0.150. The first-order valence-corrected chi connectivity index (χ1v) is 10.8. The van der Waals surface area contributed by atoms with Gasteiger partial charge in [-0.25, -0.2) is 9.97 Å². The summed E-state index contributed by atoms with van der Waals surface area (Å²) < 4.78 is 1.04. The number of carbonyl (C=O) groups excluding carboxylic acids is 1. The molecule has 0 bridgehead atoms. The SMILES string of the molecule is Cc1ccc(C)c2c1[nH]c1nc(SCC(=O)Nc3nc4ccccc4s3)nnc12. The van der Waals surface area contributed by atoms with Gasteiger partial charge in [0.2, 0.25) is 11.1 Å². The van der Waals surface area contributed by atoms with Crippen molar-refractivity contribution in [2.75, 3.05) is 11.1 Å². The molecule has 0 saturated heterocycles. The molecule has 0 saturated carbocycles. The van der Waals surface area contributed by atoms with Crippen LogP contribution in [0.4, 0.5) is 5.13 Å². The third kappa shape index (κ3) is 3.32. The minimum absolute atomic E-state index is 0.152. The zero-order chi connectivity index (χ0) is 20.0. The number of nitrogens with zero attached hydrogens (tertiary/aromatic N) is 4. The molecule has 0 unspecified atom stereocenters. The molecule has 0 fully saturated rings. The standard InChI is InChI=1S/C20H16N6OS2/c1-10-7-8-11(2)16-15(10)17-18(23-16)24-20(26-25-17)28-9-14(27)22-19-21-12-5-3-4-6-13(12)29-19/h3-8H,9H2,1-2H3,(H,21,22,27)(H,23,24,26). The van der Waals surface area contributed by atoms with Crippen LogP contribution in [0.15, 0.2) is 41.6 Å². The molecule has 5 rings (SSSR count). The smallest absolute Gasteiger partial charge is 0.236 e. The molecule has 9 heteroatoms. The first-order valence-electron chi connectivity index (χ1n) is 8.99.